The number of benzene rings is 2. The quantitative estimate of drug-likeness (QED) is 0.525. The third-order valence-electron chi connectivity index (χ3n) is 4.03. The molecular weight excluding hydrogens is 320 g/mol. The van der Waals surface area contributed by atoms with Crippen LogP contribution in [0.1, 0.15) is 29.2 Å². The van der Waals surface area contributed by atoms with Crippen molar-refractivity contribution in [3.05, 3.63) is 75.3 Å². The lowest BCUT2D eigenvalue weighted by atomic mass is 9.98. The lowest BCUT2D eigenvalue weighted by Gasteiger charge is -2.26. The summed E-state index contributed by atoms with van der Waals surface area (Å²) in [5.41, 5.74) is 2.68. The number of nitrogens with one attached hydrogen (secondary N) is 1. The number of hydrogen-bond donors (Lipinski definition) is 1. The van der Waals surface area contributed by atoms with Crippen molar-refractivity contribution in [3.8, 4) is 5.75 Å². The Morgan fingerprint density at radius 3 is 2.96 bits per heavy atom. The second kappa shape index (κ2) is 7.17. The maximum atomic E-state index is 12.2. The maximum Gasteiger partial charge on any atom is 0.270 e. The van der Waals surface area contributed by atoms with Gasteiger partial charge in [0.25, 0.3) is 5.69 Å². The smallest absolute Gasteiger partial charge is 0.270 e. The van der Waals surface area contributed by atoms with Crippen LogP contribution in [0.3, 0.4) is 0 Å². The molecule has 6 heteroatoms. The maximum absolute atomic E-state index is 12.2. The summed E-state index contributed by atoms with van der Waals surface area (Å²) in [6, 6.07) is 12.0. The van der Waals surface area contributed by atoms with Gasteiger partial charge in [-0.1, -0.05) is 29.8 Å². The Hall–Kier alpha value is -3.15. The molecule has 0 aromatic heterocycles. The van der Waals surface area contributed by atoms with E-state index in [2.05, 4.69) is 5.32 Å². The van der Waals surface area contributed by atoms with Crippen LogP contribution in [0.2, 0.25) is 0 Å². The first kappa shape index (κ1) is 16.7. The Morgan fingerprint density at radius 1 is 1.32 bits per heavy atom. The first-order chi connectivity index (χ1) is 12.0. The van der Waals surface area contributed by atoms with Crippen LogP contribution in [0.5, 0.6) is 5.75 Å². The highest BCUT2D eigenvalue weighted by Gasteiger charge is 2.22. The van der Waals surface area contributed by atoms with Gasteiger partial charge in [-0.2, -0.15) is 0 Å². The summed E-state index contributed by atoms with van der Waals surface area (Å²) in [5.74, 6) is 0.552. The second-order valence-corrected chi connectivity index (χ2v) is 5.93. The number of non-ortho nitro benzene ring substituents is 1. The molecule has 1 heterocycles. The highest BCUT2D eigenvalue weighted by molar-refractivity contribution is 5.92. The largest absolute Gasteiger partial charge is 0.493 e. The number of carbonyl (C=O) groups excluding carboxylic acids is 1. The molecule has 2 aromatic carbocycles. The first-order valence-corrected chi connectivity index (χ1v) is 7.99. The van der Waals surface area contributed by atoms with Crippen molar-refractivity contribution in [1.82, 2.24) is 5.32 Å². The molecule has 0 aliphatic carbocycles. The Kier molecular flexibility index (Phi) is 4.79. The van der Waals surface area contributed by atoms with Gasteiger partial charge in [-0.3, -0.25) is 14.9 Å². The molecule has 1 aliphatic rings. The number of nitrogens with zero attached hydrogens (tertiary/aromatic N) is 1. The molecule has 0 saturated heterocycles. The fraction of sp³-hybridized carbons (Fsp3) is 0.211. The highest BCUT2D eigenvalue weighted by Crippen LogP contribution is 2.32. The van der Waals surface area contributed by atoms with Crippen LogP contribution < -0.4 is 10.1 Å². The molecule has 2 aromatic rings. The normalized spacial score (nSPS) is 16.1. The molecule has 0 radical (unpaired) electrons. The third kappa shape index (κ3) is 4.03. The van der Waals surface area contributed by atoms with Gasteiger partial charge in [0.15, 0.2) is 0 Å². The molecule has 1 unspecified atom stereocenters. The minimum absolute atomic E-state index is 0.00334. The lowest BCUT2D eigenvalue weighted by molar-refractivity contribution is -0.384. The molecule has 1 atom stereocenters. The Balaban J connectivity index is 1.70. The number of rotatable bonds is 4. The van der Waals surface area contributed by atoms with Crippen molar-refractivity contribution >= 4 is 17.7 Å². The number of fused-ring (bicyclic) bond motifs is 1. The van der Waals surface area contributed by atoms with Gasteiger partial charge in [0, 0.05) is 30.2 Å². The molecule has 0 fully saturated rings. The topological polar surface area (TPSA) is 81.5 Å². The zero-order chi connectivity index (χ0) is 17.8. The number of amides is 1. The standard InChI is InChI=1S/C19H18N2O4/c1-13-5-7-18-16(11-13)17(9-10-25-18)20-19(22)8-6-14-3-2-4-15(12-14)21(23)24/h2-8,11-12,17H,9-10H2,1H3,(H,20,22)/b8-6+. The summed E-state index contributed by atoms with van der Waals surface area (Å²) in [7, 11) is 0. The number of carbonyl (C=O) groups is 1. The van der Waals surface area contributed by atoms with Crippen LogP contribution in [0, 0.1) is 17.0 Å². The molecule has 1 amide bonds. The first-order valence-electron chi connectivity index (χ1n) is 7.99. The van der Waals surface area contributed by atoms with E-state index >= 15 is 0 Å². The molecule has 1 aliphatic heterocycles. The van der Waals surface area contributed by atoms with Gasteiger partial charge < -0.3 is 10.1 Å². The van der Waals surface area contributed by atoms with E-state index in [1.165, 1.54) is 18.2 Å². The van der Waals surface area contributed by atoms with Crippen LogP contribution in [-0.4, -0.2) is 17.4 Å². The summed E-state index contributed by atoms with van der Waals surface area (Å²) >= 11 is 0. The number of hydrogen-bond acceptors (Lipinski definition) is 4. The van der Waals surface area contributed by atoms with Crippen molar-refractivity contribution < 1.29 is 14.5 Å². The van der Waals surface area contributed by atoms with Gasteiger partial charge in [-0.05, 0) is 24.6 Å². The fourth-order valence-corrected chi connectivity index (χ4v) is 2.80. The average molecular weight is 338 g/mol. The van der Waals surface area contributed by atoms with E-state index in [-0.39, 0.29) is 17.6 Å². The van der Waals surface area contributed by atoms with Gasteiger partial charge in [0.1, 0.15) is 5.75 Å². The molecule has 3 rings (SSSR count). The molecule has 0 bridgehead atoms. The van der Waals surface area contributed by atoms with Crippen LogP contribution in [0.15, 0.2) is 48.5 Å². The minimum Gasteiger partial charge on any atom is -0.493 e. The van der Waals surface area contributed by atoms with Crippen molar-refractivity contribution in [2.75, 3.05) is 6.61 Å². The Bertz CT molecular complexity index is 845. The van der Waals surface area contributed by atoms with Crippen LogP contribution in [-0.2, 0) is 4.79 Å². The summed E-state index contributed by atoms with van der Waals surface area (Å²) in [5, 5.41) is 13.8. The van der Waals surface area contributed by atoms with Crippen molar-refractivity contribution in [2.45, 2.75) is 19.4 Å². The predicted molar refractivity (Wildman–Crippen MR) is 94.3 cm³/mol. The van der Waals surface area contributed by atoms with Gasteiger partial charge in [0.2, 0.25) is 5.91 Å². The highest BCUT2D eigenvalue weighted by atomic mass is 16.6. The Labute approximate surface area is 145 Å². The van der Waals surface area contributed by atoms with Crippen LogP contribution in [0.25, 0.3) is 6.08 Å². The number of nitro groups is 1. The van der Waals surface area contributed by atoms with E-state index < -0.39 is 4.92 Å². The number of aryl methyl sites for hydroxylation is 1. The summed E-state index contributed by atoms with van der Waals surface area (Å²) in [6.07, 6.45) is 3.66. The Morgan fingerprint density at radius 2 is 2.16 bits per heavy atom. The number of nitro benzene ring substituents is 1. The summed E-state index contributed by atoms with van der Waals surface area (Å²) in [6.45, 7) is 2.55. The summed E-state index contributed by atoms with van der Waals surface area (Å²) in [4.78, 5) is 22.6. The van der Waals surface area contributed by atoms with E-state index in [1.54, 1.807) is 18.2 Å². The van der Waals surface area contributed by atoms with Gasteiger partial charge in [-0.15, -0.1) is 0 Å². The van der Waals surface area contributed by atoms with Gasteiger partial charge in [0.05, 0.1) is 17.6 Å². The molecule has 1 N–H and O–H groups in total. The summed E-state index contributed by atoms with van der Waals surface area (Å²) < 4.78 is 5.62. The van der Waals surface area contributed by atoms with Crippen molar-refractivity contribution in [3.63, 3.8) is 0 Å². The molecule has 0 saturated carbocycles. The molecular formula is C19H18N2O4. The van der Waals surface area contributed by atoms with Crippen LogP contribution >= 0.6 is 0 Å². The monoisotopic (exact) mass is 338 g/mol. The van der Waals surface area contributed by atoms with Gasteiger partial charge >= 0.3 is 0 Å². The van der Waals surface area contributed by atoms with Crippen molar-refractivity contribution in [2.24, 2.45) is 0 Å². The van der Waals surface area contributed by atoms with Crippen molar-refractivity contribution in [1.29, 1.82) is 0 Å². The SMILES string of the molecule is Cc1ccc2c(c1)C(NC(=O)/C=C/c1cccc([N+](=O)[O-])c1)CCO2. The minimum atomic E-state index is -0.460. The predicted octanol–water partition coefficient (Wildman–Crippen LogP) is 3.56. The van der Waals surface area contributed by atoms with E-state index in [0.29, 0.717) is 18.6 Å². The second-order valence-electron chi connectivity index (χ2n) is 5.93. The molecule has 6 nitrogen and oxygen atoms in total. The van der Waals surface area contributed by atoms with E-state index in [9.17, 15) is 14.9 Å². The lowest BCUT2D eigenvalue weighted by Crippen LogP contribution is -2.31. The van der Waals surface area contributed by atoms with E-state index in [4.69, 9.17) is 4.74 Å². The third-order valence-corrected chi connectivity index (χ3v) is 4.03. The molecule has 25 heavy (non-hydrogen) atoms. The fourth-order valence-electron chi connectivity index (χ4n) is 2.80. The average Bonchev–Trinajstić information content (AvgIpc) is 2.61. The molecule has 128 valence electrons. The zero-order valence-corrected chi connectivity index (χ0v) is 13.8. The van der Waals surface area contributed by atoms with E-state index in [1.807, 2.05) is 25.1 Å². The molecule has 0 spiro atoms. The number of ether oxygens (including phenoxy) is 1. The zero-order valence-electron chi connectivity index (χ0n) is 13.8. The van der Waals surface area contributed by atoms with E-state index in [0.717, 1.165) is 16.9 Å². The van der Waals surface area contributed by atoms with Crippen LogP contribution in [0.4, 0.5) is 5.69 Å². The van der Waals surface area contributed by atoms with Gasteiger partial charge in [-0.25, -0.2) is 0 Å².